The van der Waals surface area contributed by atoms with Crippen LogP contribution in [0.5, 0.6) is 5.75 Å². The fraction of sp³-hybridized carbons (Fsp3) is 0.536. The number of anilines is 1. The van der Waals surface area contributed by atoms with Gasteiger partial charge in [0.15, 0.2) is 18.1 Å². The first-order valence-electron chi connectivity index (χ1n) is 13.2. The van der Waals surface area contributed by atoms with Crippen LogP contribution in [0.1, 0.15) is 66.4 Å². The van der Waals surface area contributed by atoms with Crippen molar-refractivity contribution in [3.63, 3.8) is 0 Å². The molecule has 3 aromatic rings. The van der Waals surface area contributed by atoms with Crippen LogP contribution < -0.4 is 15.4 Å². The van der Waals surface area contributed by atoms with Gasteiger partial charge in [0.25, 0.3) is 11.8 Å². The summed E-state index contributed by atoms with van der Waals surface area (Å²) in [5, 5.41) is 28.2. The highest BCUT2D eigenvalue weighted by molar-refractivity contribution is 6.34. The number of para-hydroxylation sites is 2. The van der Waals surface area contributed by atoms with Crippen LogP contribution in [-0.4, -0.2) is 79.9 Å². The third kappa shape index (κ3) is 6.82. The molecule has 0 bridgehead atoms. The smallest absolute Gasteiger partial charge is 0.258 e. The third-order valence-electron chi connectivity index (χ3n) is 7.30. The van der Waals surface area contributed by atoms with Crippen molar-refractivity contribution in [2.75, 3.05) is 26.0 Å². The summed E-state index contributed by atoms with van der Waals surface area (Å²) < 4.78 is 7.49. The number of fused-ring (bicyclic) bond motifs is 1. The molecule has 1 atom stereocenters. The predicted octanol–water partition coefficient (Wildman–Crippen LogP) is 3.04. The second-order valence-corrected chi connectivity index (χ2v) is 12.7. The Bertz CT molecular complexity index is 1440. The molecule has 0 saturated carbocycles. The first-order valence-corrected chi connectivity index (χ1v) is 13.6. The molecule has 0 aliphatic heterocycles. The van der Waals surface area contributed by atoms with Crippen LogP contribution in [0.15, 0.2) is 24.3 Å². The van der Waals surface area contributed by atoms with Crippen molar-refractivity contribution in [2.24, 2.45) is 0 Å². The molecular formula is C28H40ClN7O5. The summed E-state index contributed by atoms with van der Waals surface area (Å²) in [4.78, 5) is 38.6. The monoisotopic (exact) mass is 589 g/mol. The summed E-state index contributed by atoms with van der Waals surface area (Å²) in [5.41, 5.74) is -0.161. The van der Waals surface area contributed by atoms with Gasteiger partial charge in [-0.2, -0.15) is 0 Å². The van der Waals surface area contributed by atoms with Crippen LogP contribution in [0.25, 0.3) is 5.65 Å². The zero-order valence-electron chi connectivity index (χ0n) is 25.0. The number of nitrogens with one attached hydrogen (secondary N) is 3. The van der Waals surface area contributed by atoms with Crippen molar-refractivity contribution in [3.05, 3.63) is 40.8 Å². The van der Waals surface area contributed by atoms with Crippen LogP contribution >= 0.6 is 11.6 Å². The topological polar surface area (TPSA) is 154 Å². The lowest BCUT2D eigenvalue weighted by molar-refractivity contribution is -0.135. The van der Waals surface area contributed by atoms with E-state index < -0.39 is 28.9 Å². The first kappa shape index (κ1) is 31.9. The zero-order chi connectivity index (χ0) is 30.9. The highest BCUT2D eigenvalue weighted by Gasteiger charge is 2.44. The van der Waals surface area contributed by atoms with Gasteiger partial charge >= 0.3 is 0 Å². The molecule has 12 nitrogen and oxygen atoms in total. The van der Waals surface area contributed by atoms with Crippen molar-refractivity contribution >= 4 is 40.7 Å². The highest BCUT2D eigenvalue weighted by atomic mass is 35.5. The molecular weight excluding hydrogens is 550 g/mol. The van der Waals surface area contributed by atoms with E-state index in [0.717, 1.165) is 5.69 Å². The van der Waals surface area contributed by atoms with E-state index in [2.05, 4.69) is 25.9 Å². The van der Waals surface area contributed by atoms with Crippen LogP contribution in [0, 0.1) is 0 Å². The fourth-order valence-electron chi connectivity index (χ4n) is 4.02. The second kappa shape index (κ2) is 11.7. The van der Waals surface area contributed by atoms with Gasteiger partial charge in [0.1, 0.15) is 16.9 Å². The Morgan fingerprint density at radius 1 is 1.10 bits per heavy atom. The maximum atomic E-state index is 13.1. The molecule has 2 heterocycles. The average molecular weight is 590 g/mol. The van der Waals surface area contributed by atoms with Crippen molar-refractivity contribution in [3.8, 4) is 5.75 Å². The number of ether oxygens (including phenoxy) is 1. The number of hydrogen-bond acceptors (Lipinski definition) is 7. The molecule has 0 aliphatic rings. The number of hydrogen-bond donors (Lipinski definition) is 4. The van der Waals surface area contributed by atoms with Gasteiger partial charge in [-0.3, -0.25) is 19.5 Å². The van der Waals surface area contributed by atoms with Gasteiger partial charge < -0.3 is 25.4 Å². The van der Waals surface area contributed by atoms with Crippen molar-refractivity contribution in [1.29, 1.82) is 0 Å². The van der Waals surface area contributed by atoms with Gasteiger partial charge in [-0.15, -0.1) is 10.2 Å². The molecule has 1 unspecified atom stereocenters. The van der Waals surface area contributed by atoms with Crippen LogP contribution in [0.4, 0.5) is 5.69 Å². The number of aromatic nitrogens is 4. The van der Waals surface area contributed by atoms with E-state index in [4.69, 9.17) is 16.3 Å². The molecule has 224 valence electrons. The summed E-state index contributed by atoms with van der Waals surface area (Å²) >= 11 is 6.60. The molecule has 0 spiro atoms. The SMILES string of the molecule is CN(C)C(=O)CC(O)C(=O)Nc1ccccc1OCC(=O)NC(C)(C)C(C)(C)c1nnc2c(Cl)c(C(C)(C)C)[nH]n12. The summed E-state index contributed by atoms with van der Waals surface area (Å²) in [5.74, 6) is -0.728. The number of aromatic amines is 1. The van der Waals surface area contributed by atoms with E-state index in [9.17, 15) is 19.5 Å². The molecule has 0 fully saturated rings. The molecule has 0 aliphatic carbocycles. The van der Waals surface area contributed by atoms with Gasteiger partial charge in [0.2, 0.25) is 5.91 Å². The molecule has 3 amide bonds. The summed E-state index contributed by atoms with van der Waals surface area (Å²) in [6.45, 7) is 13.5. The van der Waals surface area contributed by atoms with Gasteiger partial charge in [0.05, 0.1) is 17.8 Å². The van der Waals surface area contributed by atoms with E-state index in [1.54, 1.807) is 28.8 Å². The Kier molecular flexibility index (Phi) is 9.09. The molecule has 13 heteroatoms. The maximum Gasteiger partial charge on any atom is 0.258 e. The van der Waals surface area contributed by atoms with Crippen molar-refractivity contribution in [1.82, 2.24) is 30.0 Å². The van der Waals surface area contributed by atoms with Crippen LogP contribution in [0.2, 0.25) is 5.02 Å². The van der Waals surface area contributed by atoms with E-state index in [0.29, 0.717) is 16.5 Å². The van der Waals surface area contributed by atoms with E-state index in [-0.39, 0.29) is 35.8 Å². The molecule has 0 radical (unpaired) electrons. The minimum atomic E-state index is -1.54. The highest BCUT2D eigenvalue weighted by Crippen LogP contribution is 2.37. The number of amides is 3. The Morgan fingerprint density at radius 3 is 2.34 bits per heavy atom. The van der Waals surface area contributed by atoms with E-state index in [1.165, 1.54) is 19.0 Å². The minimum Gasteiger partial charge on any atom is -0.482 e. The van der Waals surface area contributed by atoms with Crippen LogP contribution in [-0.2, 0) is 25.2 Å². The van der Waals surface area contributed by atoms with E-state index >= 15 is 0 Å². The van der Waals surface area contributed by atoms with Gasteiger partial charge in [-0.1, -0.05) is 58.4 Å². The number of carbonyl (C=O) groups is 3. The number of aliphatic hydroxyl groups excluding tert-OH is 1. The Morgan fingerprint density at radius 2 is 1.73 bits per heavy atom. The normalized spacial score (nSPS) is 13.1. The lowest BCUT2D eigenvalue weighted by atomic mass is 9.73. The molecule has 3 rings (SSSR count). The Labute approximate surface area is 244 Å². The second-order valence-electron chi connectivity index (χ2n) is 12.3. The third-order valence-corrected chi connectivity index (χ3v) is 7.66. The quantitative estimate of drug-likeness (QED) is 0.283. The van der Waals surface area contributed by atoms with E-state index in [1.807, 2.05) is 48.5 Å². The molecule has 1 aromatic carbocycles. The van der Waals surface area contributed by atoms with Crippen molar-refractivity contribution in [2.45, 2.75) is 77.4 Å². The standard InChI is InChI=1S/C28H40ClN7O5/c1-26(2,3)22-21(29)23-32-33-25(36(23)34-22)27(4,5)28(6,7)31-19(38)15-41-18-13-11-10-12-16(18)30-24(40)17(37)14-20(39)35(8)9/h10-13,17,34,37H,14-15H2,1-9H3,(H,30,40)(H,31,38). The summed E-state index contributed by atoms with van der Waals surface area (Å²) in [7, 11) is 3.07. The van der Waals surface area contributed by atoms with Gasteiger partial charge in [0, 0.05) is 30.5 Å². The first-order chi connectivity index (χ1) is 18.9. The molecule has 4 N–H and O–H groups in total. The summed E-state index contributed by atoms with van der Waals surface area (Å²) in [6.07, 6.45) is -1.90. The molecule has 41 heavy (non-hydrogen) atoms. The van der Waals surface area contributed by atoms with Crippen LogP contribution in [0.3, 0.4) is 0 Å². The maximum absolute atomic E-state index is 13.1. The number of rotatable bonds is 10. The summed E-state index contributed by atoms with van der Waals surface area (Å²) in [6, 6.07) is 6.52. The average Bonchev–Trinajstić information content (AvgIpc) is 3.43. The molecule has 2 aromatic heterocycles. The van der Waals surface area contributed by atoms with Gasteiger partial charge in [-0.25, -0.2) is 4.52 Å². The number of halogens is 1. The number of benzene rings is 1. The predicted molar refractivity (Wildman–Crippen MR) is 156 cm³/mol. The largest absolute Gasteiger partial charge is 0.482 e. The lowest BCUT2D eigenvalue weighted by Gasteiger charge is -2.40. The zero-order valence-corrected chi connectivity index (χ0v) is 25.8. The molecule has 0 saturated heterocycles. The number of carbonyl (C=O) groups excluding carboxylic acids is 3. The fourth-order valence-corrected chi connectivity index (χ4v) is 4.47. The van der Waals surface area contributed by atoms with Crippen molar-refractivity contribution < 1.29 is 24.2 Å². The minimum absolute atomic E-state index is 0.231. The number of nitrogens with zero attached hydrogens (tertiary/aromatic N) is 4. The Balaban J connectivity index is 1.71. The Hall–Kier alpha value is -3.64. The lowest BCUT2D eigenvalue weighted by Crippen LogP contribution is -2.57. The van der Waals surface area contributed by atoms with Gasteiger partial charge in [-0.05, 0) is 26.0 Å². The number of H-pyrrole nitrogens is 1. The number of aliphatic hydroxyl groups is 1.